The minimum absolute atomic E-state index is 0.0526. The number of nitro benzene ring substituents is 1. The van der Waals surface area contributed by atoms with Gasteiger partial charge in [-0.25, -0.2) is 4.79 Å². The fraction of sp³-hybridized carbons (Fsp3) is 0.231. The van der Waals surface area contributed by atoms with Gasteiger partial charge in [0.15, 0.2) is 0 Å². The summed E-state index contributed by atoms with van der Waals surface area (Å²) in [5, 5.41) is 14.2. The van der Waals surface area contributed by atoms with Crippen LogP contribution in [0.5, 0.6) is 0 Å². The molecule has 3 aromatic rings. The second-order valence-electron chi connectivity index (χ2n) is 8.05. The Morgan fingerprint density at radius 2 is 2.00 bits per heavy atom. The molecule has 1 amide bonds. The van der Waals surface area contributed by atoms with E-state index in [0.717, 1.165) is 23.5 Å². The molecule has 4 rings (SSSR count). The van der Waals surface area contributed by atoms with Crippen LogP contribution in [0.3, 0.4) is 0 Å². The quantitative estimate of drug-likeness (QED) is 0.205. The van der Waals surface area contributed by atoms with E-state index in [-0.39, 0.29) is 12.3 Å². The Morgan fingerprint density at radius 1 is 1.20 bits per heavy atom. The fourth-order valence-corrected chi connectivity index (χ4v) is 5.29. The number of hydrogen-bond donors (Lipinski definition) is 1. The van der Waals surface area contributed by atoms with Gasteiger partial charge in [0.1, 0.15) is 5.00 Å². The molecule has 0 atom stereocenters. The third kappa shape index (κ3) is 6.00. The molecule has 0 fully saturated rings. The number of benzene rings is 2. The molecular weight excluding hydrogens is 466 g/mol. The first-order valence-electron chi connectivity index (χ1n) is 11.3. The number of nitrogens with one attached hydrogen (secondary N) is 1. The van der Waals surface area contributed by atoms with Crippen molar-refractivity contribution in [3.8, 4) is 0 Å². The summed E-state index contributed by atoms with van der Waals surface area (Å²) in [5.41, 5.74) is 3.04. The van der Waals surface area contributed by atoms with Gasteiger partial charge < -0.3 is 10.1 Å². The zero-order valence-corrected chi connectivity index (χ0v) is 20.0. The van der Waals surface area contributed by atoms with Crippen molar-refractivity contribution < 1.29 is 19.2 Å². The van der Waals surface area contributed by atoms with E-state index in [1.165, 1.54) is 41.2 Å². The number of non-ortho nitro benzene ring substituents is 1. The highest BCUT2D eigenvalue weighted by molar-refractivity contribution is 7.17. The topological polar surface area (TPSA) is 102 Å². The maximum absolute atomic E-state index is 12.8. The highest BCUT2D eigenvalue weighted by Crippen LogP contribution is 2.38. The zero-order valence-electron chi connectivity index (χ0n) is 19.2. The molecule has 1 aliphatic rings. The predicted molar refractivity (Wildman–Crippen MR) is 135 cm³/mol. The van der Waals surface area contributed by atoms with Gasteiger partial charge >= 0.3 is 5.97 Å². The largest absolute Gasteiger partial charge is 0.462 e. The first-order chi connectivity index (χ1) is 16.9. The molecule has 0 saturated carbocycles. The highest BCUT2D eigenvalue weighted by atomic mass is 32.1. The summed E-state index contributed by atoms with van der Waals surface area (Å²) in [6.45, 7) is 4.27. The molecule has 1 N–H and O–H groups in total. The van der Waals surface area contributed by atoms with Crippen molar-refractivity contribution in [1.82, 2.24) is 4.90 Å². The summed E-state index contributed by atoms with van der Waals surface area (Å²) in [4.78, 5) is 39.3. The number of anilines is 1. The van der Waals surface area contributed by atoms with Gasteiger partial charge in [0.25, 0.3) is 5.69 Å². The van der Waals surface area contributed by atoms with Crippen molar-refractivity contribution in [3.63, 3.8) is 0 Å². The lowest BCUT2D eigenvalue weighted by Gasteiger charge is -2.27. The lowest BCUT2D eigenvalue weighted by Crippen LogP contribution is -2.29. The zero-order chi connectivity index (χ0) is 24.8. The monoisotopic (exact) mass is 491 g/mol. The van der Waals surface area contributed by atoms with Gasteiger partial charge in [0.05, 0.1) is 17.1 Å². The summed E-state index contributed by atoms with van der Waals surface area (Å²) in [7, 11) is 0. The molecule has 0 unspecified atom stereocenters. The van der Waals surface area contributed by atoms with Gasteiger partial charge in [-0.3, -0.25) is 19.8 Å². The Bertz CT molecular complexity index is 1270. The fourth-order valence-electron chi connectivity index (χ4n) is 4.01. The molecule has 0 bridgehead atoms. The average Bonchev–Trinajstić information content (AvgIpc) is 3.20. The van der Waals surface area contributed by atoms with Gasteiger partial charge in [-0.05, 0) is 36.1 Å². The van der Waals surface area contributed by atoms with E-state index < -0.39 is 16.8 Å². The van der Waals surface area contributed by atoms with Crippen LogP contribution < -0.4 is 5.32 Å². The molecule has 2 aromatic carbocycles. The number of carbonyl (C=O) groups excluding carboxylic acids is 2. The van der Waals surface area contributed by atoms with Gasteiger partial charge in [-0.2, -0.15) is 0 Å². The molecule has 0 radical (unpaired) electrons. The Balaban J connectivity index is 1.53. The van der Waals surface area contributed by atoms with Crippen LogP contribution in [0.4, 0.5) is 10.7 Å². The first-order valence-corrected chi connectivity index (χ1v) is 12.1. The maximum atomic E-state index is 12.8. The predicted octanol–water partition coefficient (Wildman–Crippen LogP) is 5.04. The normalized spacial score (nSPS) is 13.4. The number of amides is 1. The maximum Gasteiger partial charge on any atom is 0.341 e. The van der Waals surface area contributed by atoms with Gasteiger partial charge in [0.2, 0.25) is 5.91 Å². The second-order valence-corrected chi connectivity index (χ2v) is 9.15. The average molecular weight is 492 g/mol. The molecule has 0 aliphatic carbocycles. The molecule has 2 heterocycles. The van der Waals surface area contributed by atoms with Crippen LogP contribution in [-0.2, 0) is 29.0 Å². The molecule has 180 valence electrons. The Hall–Kier alpha value is -3.82. The van der Waals surface area contributed by atoms with Crippen LogP contribution in [0.1, 0.15) is 38.8 Å². The minimum atomic E-state index is -0.486. The number of ether oxygens (including phenoxy) is 1. The Morgan fingerprint density at radius 3 is 2.74 bits per heavy atom. The van der Waals surface area contributed by atoms with Crippen LogP contribution in [-0.4, -0.2) is 34.9 Å². The number of nitrogens with zero attached hydrogens (tertiary/aromatic N) is 2. The molecule has 0 spiro atoms. The van der Waals surface area contributed by atoms with E-state index in [1.54, 1.807) is 19.1 Å². The smallest absolute Gasteiger partial charge is 0.341 e. The molecule has 1 aliphatic heterocycles. The van der Waals surface area contributed by atoms with Crippen LogP contribution in [0.2, 0.25) is 0 Å². The number of fused-ring (bicyclic) bond motifs is 1. The van der Waals surface area contributed by atoms with Crippen LogP contribution in [0, 0.1) is 10.1 Å². The second kappa shape index (κ2) is 11.1. The van der Waals surface area contributed by atoms with Crippen molar-refractivity contribution in [2.45, 2.75) is 26.4 Å². The van der Waals surface area contributed by atoms with Crippen molar-refractivity contribution in [3.05, 3.63) is 97.9 Å². The number of carbonyl (C=O) groups is 2. The highest BCUT2D eigenvalue weighted by Gasteiger charge is 2.29. The van der Waals surface area contributed by atoms with Crippen LogP contribution in [0.25, 0.3) is 6.08 Å². The standard InChI is InChI=1S/C26H25N3O5S/c1-2-34-26(31)24-21-13-14-28(16-19-7-4-3-5-8-19)17-22(21)35-25(24)27-23(30)12-11-18-9-6-10-20(15-18)29(32)33/h3-12,15H,2,13-14,16-17H2,1H3,(H,27,30). The van der Waals surface area contributed by atoms with Crippen molar-refractivity contribution in [2.24, 2.45) is 0 Å². The SMILES string of the molecule is CCOC(=O)c1c(NC(=O)C=Cc2cccc([N+](=O)[O-])c2)sc2c1CCN(Cc1ccccc1)C2. The molecular formula is C26H25N3O5S. The van der Waals surface area contributed by atoms with Crippen molar-refractivity contribution in [2.75, 3.05) is 18.5 Å². The number of thiophene rings is 1. The van der Waals surface area contributed by atoms with E-state index in [0.29, 0.717) is 29.1 Å². The van der Waals surface area contributed by atoms with Crippen LogP contribution in [0.15, 0.2) is 60.7 Å². The molecule has 8 nitrogen and oxygen atoms in total. The molecule has 0 saturated heterocycles. The third-order valence-corrected chi connectivity index (χ3v) is 6.74. The number of esters is 1. The first kappa shape index (κ1) is 24.3. The van der Waals surface area contributed by atoms with Crippen LogP contribution >= 0.6 is 11.3 Å². The summed E-state index contributed by atoms with van der Waals surface area (Å²) in [6.07, 6.45) is 3.49. The Labute approximate surface area is 207 Å². The molecule has 9 heteroatoms. The summed E-state index contributed by atoms with van der Waals surface area (Å²) >= 11 is 1.39. The third-order valence-electron chi connectivity index (χ3n) is 5.61. The Kier molecular flexibility index (Phi) is 7.69. The summed E-state index contributed by atoms with van der Waals surface area (Å²) in [6, 6.07) is 16.2. The van der Waals surface area contributed by atoms with Gasteiger partial charge in [-0.15, -0.1) is 11.3 Å². The van der Waals surface area contributed by atoms with E-state index in [4.69, 9.17) is 4.74 Å². The summed E-state index contributed by atoms with van der Waals surface area (Å²) < 4.78 is 5.28. The van der Waals surface area contributed by atoms with E-state index in [2.05, 4.69) is 22.3 Å². The molecule has 1 aromatic heterocycles. The van der Waals surface area contributed by atoms with E-state index >= 15 is 0 Å². The van der Waals surface area contributed by atoms with E-state index in [1.807, 2.05) is 18.2 Å². The number of nitro groups is 1. The number of hydrogen-bond acceptors (Lipinski definition) is 7. The van der Waals surface area contributed by atoms with Gasteiger partial charge in [-0.1, -0.05) is 42.5 Å². The minimum Gasteiger partial charge on any atom is -0.462 e. The lowest BCUT2D eigenvalue weighted by molar-refractivity contribution is -0.384. The summed E-state index contributed by atoms with van der Waals surface area (Å²) in [5.74, 6) is -0.874. The van der Waals surface area contributed by atoms with E-state index in [9.17, 15) is 19.7 Å². The lowest BCUT2D eigenvalue weighted by atomic mass is 10.0. The van der Waals surface area contributed by atoms with Crippen molar-refractivity contribution >= 4 is 40.0 Å². The number of rotatable bonds is 8. The van der Waals surface area contributed by atoms with Gasteiger partial charge in [0, 0.05) is 42.7 Å². The molecule has 35 heavy (non-hydrogen) atoms. The van der Waals surface area contributed by atoms with Crippen molar-refractivity contribution in [1.29, 1.82) is 0 Å².